The van der Waals surface area contributed by atoms with Crippen molar-refractivity contribution in [2.75, 3.05) is 24.7 Å². The van der Waals surface area contributed by atoms with Gasteiger partial charge in [0.25, 0.3) is 0 Å². The first kappa shape index (κ1) is 12.6. The number of hydrogen-bond acceptors (Lipinski definition) is 5. The van der Waals surface area contributed by atoms with Gasteiger partial charge in [-0.05, 0) is 18.8 Å². The first-order valence-corrected chi connectivity index (χ1v) is 6.69. The van der Waals surface area contributed by atoms with Crippen LogP contribution in [0.1, 0.15) is 12.8 Å². The Morgan fingerprint density at radius 2 is 2.32 bits per heavy atom. The molecule has 2 heterocycles. The molecule has 7 heteroatoms. The van der Waals surface area contributed by atoms with Crippen LogP contribution in [0.4, 0.5) is 11.5 Å². The molecule has 0 N–H and O–H groups in total. The number of rotatable bonds is 3. The minimum atomic E-state index is -0.423. The lowest BCUT2D eigenvalue weighted by molar-refractivity contribution is -0.384. The molecule has 1 aromatic heterocycles. The van der Waals surface area contributed by atoms with Crippen LogP contribution in [0.3, 0.4) is 0 Å². The molecule has 0 bridgehead atoms. The average Bonchev–Trinajstić information content (AvgIpc) is 3.23. The Balaban J connectivity index is 1.97. The van der Waals surface area contributed by atoms with Crippen LogP contribution in [0.25, 0.3) is 0 Å². The van der Waals surface area contributed by atoms with E-state index < -0.39 is 4.92 Å². The summed E-state index contributed by atoms with van der Waals surface area (Å²) >= 11 is 5.80. The molecule has 2 aliphatic rings. The summed E-state index contributed by atoms with van der Waals surface area (Å²) in [7, 11) is 0. The zero-order valence-corrected chi connectivity index (χ0v) is 11.0. The van der Waals surface area contributed by atoms with E-state index in [0.717, 1.165) is 12.8 Å². The molecule has 0 spiro atoms. The van der Waals surface area contributed by atoms with Crippen LogP contribution in [0.15, 0.2) is 12.3 Å². The summed E-state index contributed by atoms with van der Waals surface area (Å²) in [6.45, 7) is 1.83. The second-order valence-corrected chi connectivity index (χ2v) is 5.36. The normalized spacial score (nSPS) is 23.4. The van der Waals surface area contributed by atoms with E-state index in [1.54, 1.807) is 0 Å². The summed E-state index contributed by atoms with van der Waals surface area (Å²) in [5.41, 5.74) is -0.0277. The van der Waals surface area contributed by atoms with Crippen molar-refractivity contribution in [1.29, 1.82) is 0 Å². The van der Waals surface area contributed by atoms with Gasteiger partial charge in [0.1, 0.15) is 0 Å². The van der Waals surface area contributed by atoms with E-state index >= 15 is 0 Å². The zero-order valence-electron chi connectivity index (χ0n) is 10.3. The van der Waals surface area contributed by atoms with Gasteiger partial charge in [-0.15, -0.1) is 0 Å². The smallest absolute Gasteiger partial charge is 0.313 e. The highest BCUT2D eigenvalue weighted by atomic mass is 35.5. The van der Waals surface area contributed by atoms with Crippen LogP contribution in [0.5, 0.6) is 0 Å². The SMILES string of the molecule is O=[N+]([O-])c1cc(Cl)cnc1N1CCOC[C@H]1C1CC1. The van der Waals surface area contributed by atoms with E-state index in [4.69, 9.17) is 16.3 Å². The number of morpholine rings is 1. The molecule has 1 aliphatic heterocycles. The minimum absolute atomic E-state index is 0.0277. The maximum absolute atomic E-state index is 11.2. The number of nitro groups is 1. The molecular formula is C12H14ClN3O3. The van der Waals surface area contributed by atoms with Crippen molar-refractivity contribution >= 4 is 23.1 Å². The minimum Gasteiger partial charge on any atom is -0.377 e. The number of anilines is 1. The summed E-state index contributed by atoms with van der Waals surface area (Å²) in [6, 6.07) is 1.56. The van der Waals surface area contributed by atoms with Crippen LogP contribution in [-0.2, 0) is 4.74 Å². The molecule has 0 unspecified atom stereocenters. The maximum Gasteiger partial charge on any atom is 0.313 e. The van der Waals surface area contributed by atoms with Gasteiger partial charge in [-0.25, -0.2) is 4.98 Å². The molecule has 0 amide bonds. The second kappa shape index (κ2) is 4.94. The molecule has 6 nitrogen and oxygen atoms in total. The van der Waals surface area contributed by atoms with Crippen LogP contribution < -0.4 is 4.90 Å². The number of aromatic nitrogens is 1. The molecule has 0 aromatic carbocycles. The molecule has 1 aliphatic carbocycles. The van der Waals surface area contributed by atoms with Crippen LogP contribution in [-0.4, -0.2) is 35.7 Å². The first-order valence-electron chi connectivity index (χ1n) is 6.31. The van der Waals surface area contributed by atoms with Crippen LogP contribution >= 0.6 is 11.6 Å². The number of pyridine rings is 1. The van der Waals surface area contributed by atoms with Gasteiger partial charge in [-0.3, -0.25) is 10.1 Å². The van der Waals surface area contributed by atoms with Gasteiger partial charge in [0.15, 0.2) is 0 Å². The fourth-order valence-corrected chi connectivity index (χ4v) is 2.69. The summed E-state index contributed by atoms with van der Waals surface area (Å²) in [5, 5.41) is 11.4. The lowest BCUT2D eigenvalue weighted by atomic mass is 10.1. The van der Waals surface area contributed by atoms with Crippen molar-refractivity contribution < 1.29 is 9.66 Å². The number of nitrogens with zero attached hydrogens (tertiary/aromatic N) is 3. The Hall–Kier alpha value is -1.40. The predicted octanol–water partition coefficient (Wildman–Crippen LogP) is 2.26. The highest BCUT2D eigenvalue weighted by Crippen LogP contribution is 2.40. The second-order valence-electron chi connectivity index (χ2n) is 4.93. The molecular weight excluding hydrogens is 270 g/mol. The summed E-state index contributed by atoms with van der Waals surface area (Å²) in [4.78, 5) is 16.9. The molecule has 102 valence electrons. The van der Waals surface area contributed by atoms with Crippen molar-refractivity contribution in [3.05, 3.63) is 27.4 Å². The largest absolute Gasteiger partial charge is 0.377 e. The quantitative estimate of drug-likeness (QED) is 0.629. The fraction of sp³-hybridized carbons (Fsp3) is 0.583. The summed E-state index contributed by atoms with van der Waals surface area (Å²) in [6.07, 6.45) is 3.78. The molecule has 1 saturated heterocycles. The third kappa shape index (κ3) is 2.50. The third-order valence-electron chi connectivity index (χ3n) is 3.61. The van der Waals surface area contributed by atoms with Crippen LogP contribution in [0, 0.1) is 16.0 Å². The van der Waals surface area contributed by atoms with Crippen molar-refractivity contribution in [3.63, 3.8) is 0 Å². The van der Waals surface area contributed by atoms with E-state index in [1.165, 1.54) is 12.3 Å². The Labute approximate surface area is 115 Å². The Morgan fingerprint density at radius 1 is 1.53 bits per heavy atom. The monoisotopic (exact) mass is 283 g/mol. The van der Waals surface area contributed by atoms with E-state index in [-0.39, 0.29) is 16.8 Å². The molecule has 1 saturated carbocycles. The van der Waals surface area contributed by atoms with E-state index in [0.29, 0.717) is 31.5 Å². The van der Waals surface area contributed by atoms with Crippen molar-refractivity contribution in [2.45, 2.75) is 18.9 Å². The lowest BCUT2D eigenvalue weighted by Gasteiger charge is -2.36. The van der Waals surface area contributed by atoms with Gasteiger partial charge in [0, 0.05) is 18.8 Å². The van der Waals surface area contributed by atoms with Crippen molar-refractivity contribution in [1.82, 2.24) is 4.98 Å². The van der Waals surface area contributed by atoms with Gasteiger partial charge in [0.2, 0.25) is 5.82 Å². The molecule has 2 fully saturated rings. The van der Waals surface area contributed by atoms with Gasteiger partial charge in [0.05, 0.1) is 29.2 Å². The van der Waals surface area contributed by atoms with Crippen LogP contribution in [0.2, 0.25) is 5.02 Å². The Morgan fingerprint density at radius 3 is 3.00 bits per heavy atom. The Bertz CT molecular complexity index is 507. The van der Waals surface area contributed by atoms with Gasteiger partial charge >= 0.3 is 5.69 Å². The first-order chi connectivity index (χ1) is 9.16. The van der Waals surface area contributed by atoms with E-state index in [1.807, 2.05) is 4.90 Å². The fourth-order valence-electron chi connectivity index (χ4n) is 2.53. The standard InChI is InChI=1S/C12H14ClN3O3/c13-9-5-10(16(17)18)12(14-6-9)15-3-4-19-7-11(15)8-1-2-8/h5-6,8,11H,1-4,7H2/t11-/m0/s1. The van der Waals surface area contributed by atoms with Gasteiger partial charge < -0.3 is 9.64 Å². The maximum atomic E-state index is 11.2. The van der Waals surface area contributed by atoms with Crippen molar-refractivity contribution in [2.24, 2.45) is 5.92 Å². The lowest BCUT2D eigenvalue weighted by Crippen LogP contribution is -2.47. The highest BCUT2D eigenvalue weighted by Gasteiger charge is 2.39. The number of ether oxygens (including phenoxy) is 1. The number of halogens is 1. The number of hydrogen-bond donors (Lipinski definition) is 0. The molecule has 0 radical (unpaired) electrons. The summed E-state index contributed by atoms with van der Waals surface area (Å²) < 4.78 is 5.49. The van der Waals surface area contributed by atoms with Gasteiger partial charge in [-0.1, -0.05) is 11.6 Å². The Kier molecular flexibility index (Phi) is 3.28. The predicted molar refractivity (Wildman–Crippen MR) is 70.6 cm³/mol. The zero-order chi connectivity index (χ0) is 13.4. The molecule has 1 aromatic rings. The third-order valence-corrected chi connectivity index (χ3v) is 3.82. The molecule has 3 rings (SSSR count). The van der Waals surface area contributed by atoms with Gasteiger partial charge in [-0.2, -0.15) is 0 Å². The van der Waals surface area contributed by atoms with E-state index in [9.17, 15) is 10.1 Å². The average molecular weight is 284 g/mol. The highest BCUT2D eigenvalue weighted by molar-refractivity contribution is 6.30. The van der Waals surface area contributed by atoms with Crippen molar-refractivity contribution in [3.8, 4) is 0 Å². The topological polar surface area (TPSA) is 68.5 Å². The van der Waals surface area contributed by atoms with E-state index in [2.05, 4.69) is 4.98 Å². The molecule has 1 atom stereocenters. The molecule has 19 heavy (non-hydrogen) atoms. The summed E-state index contributed by atoms with van der Waals surface area (Å²) in [5.74, 6) is 0.979.